The SMILES string of the molecule is CCO[Si](OCC)(OCC)C1(CCC(F)(F)F)CCCCO1. The normalized spacial score (nSPS) is 23.7. The maximum Gasteiger partial charge on any atom is 0.534 e. The topological polar surface area (TPSA) is 36.9 Å². The molecule has 0 amide bonds. The molecule has 0 saturated carbocycles. The van der Waals surface area contributed by atoms with Gasteiger partial charge >= 0.3 is 15.0 Å². The third-order valence-electron chi connectivity index (χ3n) is 3.73. The maximum absolute atomic E-state index is 12.8. The standard InChI is InChI=1S/C14H27F3O4Si/c1-4-19-22(20-5-2,21-6-3)13(9-7-8-12-18-13)10-11-14(15,16)17/h4-12H2,1-3H3. The van der Waals surface area contributed by atoms with E-state index in [0.29, 0.717) is 32.8 Å². The van der Waals surface area contributed by atoms with E-state index in [1.807, 2.05) is 0 Å². The van der Waals surface area contributed by atoms with E-state index in [4.69, 9.17) is 18.0 Å². The van der Waals surface area contributed by atoms with Crippen LogP contribution in [0.15, 0.2) is 0 Å². The van der Waals surface area contributed by atoms with Crippen LogP contribution in [0.1, 0.15) is 52.9 Å². The van der Waals surface area contributed by atoms with Crippen molar-refractivity contribution in [3.8, 4) is 0 Å². The highest BCUT2D eigenvalue weighted by Crippen LogP contribution is 2.42. The molecular formula is C14H27F3O4Si. The summed E-state index contributed by atoms with van der Waals surface area (Å²) in [6.07, 6.45) is -3.23. The zero-order valence-electron chi connectivity index (χ0n) is 13.6. The van der Waals surface area contributed by atoms with E-state index in [9.17, 15) is 13.2 Å². The fourth-order valence-corrected chi connectivity index (χ4v) is 6.25. The molecule has 0 aromatic rings. The Morgan fingerprint density at radius 3 is 1.91 bits per heavy atom. The lowest BCUT2D eigenvalue weighted by Crippen LogP contribution is -2.67. The van der Waals surface area contributed by atoms with Crippen LogP contribution in [0.25, 0.3) is 0 Å². The van der Waals surface area contributed by atoms with Crippen molar-refractivity contribution in [2.45, 2.75) is 64.3 Å². The molecule has 1 saturated heterocycles. The highest BCUT2D eigenvalue weighted by molar-refractivity contribution is 6.64. The second-order valence-electron chi connectivity index (χ2n) is 5.27. The van der Waals surface area contributed by atoms with E-state index in [2.05, 4.69) is 0 Å². The zero-order chi connectivity index (χ0) is 16.7. The van der Waals surface area contributed by atoms with E-state index >= 15 is 0 Å². The smallest absolute Gasteiger partial charge is 0.372 e. The third kappa shape index (κ3) is 4.92. The van der Waals surface area contributed by atoms with E-state index in [0.717, 1.165) is 12.8 Å². The number of halogens is 3. The van der Waals surface area contributed by atoms with Crippen molar-refractivity contribution in [3.63, 3.8) is 0 Å². The lowest BCUT2D eigenvalue weighted by atomic mass is 10.0. The highest BCUT2D eigenvalue weighted by Gasteiger charge is 2.63. The summed E-state index contributed by atoms with van der Waals surface area (Å²) in [4.78, 5) is 0. The van der Waals surface area contributed by atoms with Gasteiger partial charge in [-0.15, -0.1) is 0 Å². The van der Waals surface area contributed by atoms with Gasteiger partial charge in [0.05, 0.1) is 0 Å². The van der Waals surface area contributed by atoms with Gasteiger partial charge in [-0.05, 0) is 46.5 Å². The van der Waals surface area contributed by atoms with Crippen LogP contribution >= 0.6 is 0 Å². The molecular weight excluding hydrogens is 317 g/mol. The largest absolute Gasteiger partial charge is 0.534 e. The first-order valence-corrected chi connectivity index (χ1v) is 9.69. The molecule has 0 bridgehead atoms. The van der Waals surface area contributed by atoms with E-state index in [1.165, 1.54) is 0 Å². The third-order valence-corrected chi connectivity index (χ3v) is 7.49. The molecule has 1 unspecified atom stereocenters. The lowest BCUT2D eigenvalue weighted by molar-refractivity contribution is -0.158. The van der Waals surface area contributed by atoms with Crippen LogP contribution in [0.3, 0.4) is 0 Å². The first-order valence-electron chi connectivity index (χ1n) is 7.97. The van der Waals surface area contributed by atoms with Crippen molar-refractivity contribution >= 4 is 8.80 Å². The molecule has 22 heavy (non-hydrogen) atoms. The molecule has 1 aliphatic heterocycles. The van der Waals surface area contributed by atoms with Gasteiger partial charge < -0.3 is 18.0 Å². The highest BCUT2D eigenvalue weighted by atomic mass is 28.4. The Morgan fingerprint density at radius 1 is 1.00 bits per heavy atom. The van der Waals surface area contributed by atoms with Gasteiger partial charge in [0.25, 0.3) is 0 Å². The minimum atomic E-state index is -4.24. The van der Waals surface area contributed by atoms with Crippen molar-refractivity contribution < 1.29 is 31.2 Å². The summed E-state index contributed by atoms with van der Waals surface area (Å²) < 4.78 is 61.6. The zero-order valence-corrected chi connectivity index (χ0v) is 14.6. The summed E-state index contributed by atoms with van der Waals surface area (Å²) in [5, 5.41) is -1.09. The maximum atomic E-state index is 12.8. The van der Waals surface area contributed by atoms with Crippen LogP contribution in [0, 0.1) is 0 Å². The van der Waals surface area contributed by atoms with Crippen LogP contribution in [0.2, 0.25) is 0 Å². The van der Waals surface area contributed by atoms with Crippen molar-refractivity contribution in [3.05, 3.63) is 0 Å². The van der Waals surface area contributed by atoms with Gasteiger partial charge in [-0.25, -0.2) is 0 Å². The molecule has 1 aliphatic rings. The van der Waals surface area contributed by atoms with Gasteiger partial charge in [-0.2, -0.15) is 13.2 Å². The average Bonchev–Trinajstić information content (AvgIpc) is 2.46. The summed E-state index contributed by atoms with van der Waals surface area (Å²) in [5.41, 5.74) is 0. The quantitative estimate of drug-likeness (QED) is 0.595. The molecule has 0 aliphatic carbocycles. The minimum Gasteiger partial charge on any atom is -0.372 e. The average molecular weight is 344 g/mol. The second-order valence-corrected chi connectivity index (χ2v) is 8.16. The van der Waals surface area contributed by atoms with Crippen LogP contribution < -0.4 is 0 Å². The first-order chi connectivity index (χ1) is 10.3. The first kappa shape index (κ1) is 19.9. The van der Waals surface area contributed by atoms with Crippen LogP contribution in [-0.4, -0.2) is 46.6 Å². The van der Waals surface area contributed by atoms with Gasteiger partial charge in [0.1, 0.15) is 5.22 Å². The van der Waals surface area contributed by atoms with E-state index in [-0.39, 0.29) is 6.42 Å². The Bertz CT molecular complexity index is 303. The fourth-order valence-electron chi connectivity index (χ4n) is 2.88. The number of rotatable bonds is 9. The molecule has 132 valence electrons. The molecule has 4 nitrogen and oxygen atoms in total. The monoisotopic (exact) mass is 344 g/mol. The number of hydrogen-bond acceptors (Lipinski definition) is 4. The van der Waals surface area contributed by atoms with Crippen molar-refractivity contribution in [1.82, 2.24) is 0 Å². The Hall–Kier alpha value is -0.153. The predicted octanol–water partition coefficient (Wildman–Crippen LogP) is 3.86. The Balaban J connectivity index is 3.10. The summed E-state index contributed by atoms with van der Waals surface area (Å²) >= 11 is 0. The van der Waals surface area contributed by atoms with Gasteiger partial charge in [0.15, 0.2) is 0 Å². The van der Waals surface area contributed by atoms with Gasteiger partial charge in [0, 0.05) is 32.8 Å². The van der Waals surface area contributed by atoms with Crippen LogP contribution in [-0.2, 0) is 18.0 Å². The Labute approximate surface area is 131 Å². The van der Waals surface area contributed by atoms with Gasteiger partial charge in [-0.1, -0.05) is 0 Å². The van der Waals surface area contributed by atoms with Crippen molar-refractivity contribution in [2.75, 3.05) is 26.4 Å². The summed E-state index contributed by atoms with van der Waals surface area (Å²) in [7, 11) is -3.37. The molecule has 1 heterocycles. The molecule has 0 radical (unpaired) electrons. The summed E-state index contributed by atoms with van der Waals surface area (Å²) in [5.74, 6) is 0. The molecule has 0 aromatic heterocycles. The minimum absolute atomic E-state index is 0.178. The van der Waals surface area contributed by atoms with E-state index < -0.39 is 26.6 Å². The van der Waals surface area contributed by atoms with Crippen molar-refractivity contribution in [2.24, 2.45) is 0 Å². The van der Waals surface area contributed by atoms with E-state index in [1.54, 1.807) is 20.8 Å². The van der Waals surface area contributed by atoms with Gasteiger partial charge in [0.2, 0.25) is 0 Å². The van der Waals surface area contributed by atoms with Crippen LogP contribution in [0.4, 0.5) is 13.2 Å². The number of ether oxygens (including phenoxy) is 1. The summed E-state index contributed by atoms with van der Waals surface area (Å²) in [6.45, 7) is 6.76. The lowest BCUT2D eigenvalue weighted by Gasteiger charge is -2.47. The fraction of sp³-hybridized carbons (Fsp3) is 1.00. The summed E-state index contributed by atoms with van der Waals surface area (Å²) in [6, 6.07) is 0. The molecule has 1 rings (SSSR count). The van der Waals surface area contributed by atoms with Gasteiger partial charge in [-0.3, -0.25) is 0 Å². The number of alkyl halides is 3. The molecule has 0 N–H and O–H groups in total. The molecule has 1 atom stereocenters. The molecule has 1 fully saturated rings. The molecule has 0 spiro atoms. The molecule has 8 heteroatoms. The number of hydrogen-bond donors (Lipinski definition) is 0. The van der Waals surface area contributed by atoms with Crippen molar-refractivity contribution in [1.29, 1.82) is 0 Å². The second kappa shape index (κ2) is 8.63. The Morgan fingerprint density at radius 2 is 1.55 bits per heavy atom. The van der Waals surface area contributed by atoms with Crippen LogP contribution in [0.5, 0.6) is 0 Å². The Kier molecular flexibility index (Phi) is 7.80. The molecule has 0 aromatic carbocycles. The predicted molar refractivity (Wildman–Crippen MR) is 78.5 cm³/mol.